The van der Waals surface area contributed by atoms with Gasteiger partial charge in [-0.05, 0) is 35.3 Å². The highest BCUT2D eigenvalue weighted by Crippen LogP contribution is 2.23. The van der Waals surface area contributed by atoms with E-state index < -0.39 is 4.92 Å². The standard InChI is InChI=1S/C19H18N2O3/c1-14(2)13-24-19-8-6-15(7-9-19)10-17(12-20)16-4-3-5-18(11-16)21(22)23/h3-11,14H,13H2,1-2H3. The number of rotatable bonds is 6. The van der Waals surface area contributed by atoms with E-state index in [2.05, 4.69) is 19.9 Å². The molecule has 122 valence electrons. The molecule has 0 fully saturated rings. The van der Waals surface area contributed by atoms with Gasteiger partial charge in [-0.2, -0.15) is 5.26 Å². The minimum Gasteiger partial charge on any atom is -0.493 e. The monoisotopic (exact) mass is 322 g/mol. The van der Waals surface area contributed by atoms with Crippen LogP contribution in [0.5, 0.6) is 5.75 Å². The fraction of sp³-hybridized carbons (Fsp3) is 0.211. The predicted octanol–water partition coefficient (Wildman–Crippen LogP) is 4.69. The van der Waals surface area contributed by atoms with E-state index in [-0.39, 0.29) is 5.69 Å². The first-order valence-corrected chi connectivity index (χ1v) is 7.59. The van der Waals surface area contributed by atoms with Crippen molar-refractivity contribution in [2.24, 2.45) is 5.92 Å². The van der Waals surface area contributed by atoms with Gasteiger partial charge in [0.15, 0.2) is 0 Å². The van der Waals surface area contributed by atoms with Crippen molar-refractivity contribution in [1.82, 2.24) is 0 Å². The summed E-state index contributed by atoms with van der Waals surface area (Å²) in [5, 5.41) is 20.2. The summed E-state index contributed by atoms with van der Waals surface area (Å²) in [6, 6.07) is 15.5. The van der Waals surface area contributed by atoms with Crippen LogP contribution in [-0.4, -0.2) is 11.5 Å². The number of nitrogens with zero attached hydrogens (tertiary/aromatic N) is 2. The molecular formula is C19H18N2O3. The van der Waals surface area contributed by atoms with Gasteiger partial charge in [-0.25, -0.2) is 0 Å². The second-order valence-corrected chi connectivity index (χ2v) is 5.75. The van der Waals surface area contributed by atoms with E-state index in [1.807, 2.05) is 24.3 Å². The molecule has 0 amide bonds. The van der Waals surface area contributed by atoms with E-state index in [4.69, 9.17) is 4.74 Å². The van der Waals surface area contributed by atoms with Crippen molar-refractivity contribution in [3.8, 4) is 11.8 Å². The Balaban J connectivity index is 2.23. The minimum atomic E-state index is -0.473. The molecule has 0 aliphatic heterocycles. The number of allylic oxidation sites excluding steroid dienone is 1. The highest BCUT2D eigenvalue weighted by atomic mass is 16.6. The summed E-state index contributed by atoms with van der Waals surface area (Å²) in [6.07, 6.45) is 1.70. The fourth-order valence-electron chi connectivity index (χ4n) is 2.06. The van der Waals surface area contributed by atoms with Crippen molar-refractivity contribution in [1.29, 1.82) is 5.26 Å². The maximum Gasteiger partial charge on any atom is 0.270 e. The molecule has 2 aromatic rings. The molecule has 0 aromatic heterocycles. The van der Waals surface area contributed by atoms with Crippen LogP contribution in [0.15, 0.2) is 48.5 Å². The average molecular weight is 322 g/mol. The first-order chi connectivity index (χ1) is 11.5. The molecule has 0 atom stereocenters. The number of nitro benzene ring substituents is 1. The van der Waals surface area contributed by atoms with E-state index in [1.165, 1.54) is 12.1 Å². The van der Waals surface area contributed by atoms with Crippen LogP contribution in [-0.2, 0) is 0 Å². The average Bonchev–Trinajstić information content (AvgIpc) is 2.59. The quantitative estimate of drug-likeness (QED) is 0.334. The zero-order valence-electron chi connectivity index (χ0n) is 13.6. The van der Waals surface area contributed by atoms with Gasteiger partial charge in [0.1, 0.15) is 5.75 Å². The normalized spacial score (nSPS) is 11.2. The molecule has 0 saturated carbocycles. The van der Waals surface area contributed by atoms with E-state index in [1.54, 1.807) is 18.2 Å². The van der Waals surface area contributed by atoms with Crippen LogP contribution in [0.1, 0.15) is 25.0 Å². The number of hydrogen-bond acceptors (Lipinski definition) is 4. The molecule has 0 aliphatic carbocycles. The summed E-state index contributed by atoms with van der Waals surface area (Å²) in [4.78, 5) is 10.4. The second-order valence-electron chi connectivity index (χ2n) is 5.75. The molecule has 24 heavy (non-hydrogen) atoms. The van der Waals surface area contributed by atoms with Crippen LogP contribution >= 0.6 is 0 Å². The van der Waals surface area contributed by atoms with E-state index in [0.717, 1.165) is 11.3 Å². The van der Waals surface area contributed by atoms with Gasteiger partial charge in [0.25, 0.3) is 5.69 Å². The predicted molar refractivity (Wildman–Crippen MR) is 93.4 cm³/mol. The Morgan fingerprint density at radius 2 is 2.00 bits per heavy atom. The van der Waals surface area contributed by atoms with Gasteiger partial charge in [0.05, 0.1) is 23.2 Å². The lowest BCUT2D eigenvalue weighted by Gasteiger charge is -2.08. The minimum absolute atomic E-state index is 0.0360. The molecule has 5 heteroatoms. The van der Waals surface area contributed by atoms with Gasteiger partial charge >= 0.3 is 0 Å². The van der Waals surface area contributed by atoms with E-state index >= 15 is 0 Å². The van der Waals surface area contributed by atoms with Crippen molar-refractivity contribution in [3.63, 3.8) is 0 Å². The summed E-state index contributed by atoms with van der Waals surface area (Å²) in [5.41, 5.74) is 1.68. The highest BCUT2D eigenvalue weighted by Gasteiger charge is 2.09. The molecule has 0 spiro atoms. The van der Waals surface area contributed by atoms with Gasteiger partial charge < -0.3 is 4.74 Å². The van der Waals surface area contributed by atoms with Crippen molar-refractivity contribution in [2.75, 3.05) is 6.61 Å². The third-order valence-corrected chi connectivity index (χ3v) is 3.26. The van der Waals surface area contributed by atoms with Crippen LogP contribution in [0, 0.1) is 27.4 Å². The molecule has 0 heterocycles. The molecule has 0 bridgehead atoms. The number of hydrogen-bond donors (Lipinski definition) is 0. The van der Waals surface area contributed by atoms with Crippen LogP contribution in [0.2, 0.25) is 0 Å². The Morgan fingerprint density at radius 3 is 2.58 bits per heavy atom. The molecule has 0 unspecified atom stereocenters. The lowest BCUT2D eigenvalue weighted by atomic mass is 10.0. The largest absolute Gasteiger partial charge is 0.493 e. The summed E-state index contributed by atoms with van der Waals surface area (Å²) in [6.45, 7) is 4.80. The third kappa shape index (κ3) is 4.68. The number of nitro groups is 1. The number of non-ortho nitro benzene ring substituents is 1. The highest BCUT2D eigenvalue weighted by molar-refractivity contribution is 5.90. The molecule has 5 nitrogen and oxygen atoms in total. The Morgan fingerprint density at radius 1 is 1.29 bits per heavy atom. The van der Waals surface area contributed by atoms with Gasteiger partial charge in [-0.3, -0.25) is 10.1 Å². The lowest BCUT2D eigenvalue weighted by Crippen LogP contribution is -2.04. The van der Waals surface area contributed by atoms with Crippen LogP contribution < -0.4 is 4.74 Å². The van der Waals surface area contributed by atoms with Crippen molar-refractivity contribution < 1.29 is 9.66 Å². The molecule has 0 radical (unpaired) electrons. The summed E-state index contributed by atoms with van der Waals surface area (Å²) < 4.78 is 5.62. The molecule has 2 rings (SSSR count). The number of nitriles is 1. The van der Waals surface area contributed by atoms with E-state index in [0.29, 0.717) is 23.7 Å². The SMILES string of the molecule is CC(C)COc1ccc(C=C(C#N)c2cccc([N+](=O)[O-])c2)cc1. The van der Waals surface area contributed by atoms with Crippen LogP contribution in [0.25, 0.3) is 11.6 Å². The number of benzene rings is 2. The Hall–Kier alpha value is -3.13. The van der Waals surface area contributed by atoms with Crippen molar-refractivity contribution in [3.05, 3.63) is 69.8 Å². The lowest BCUT2D eigenvalue weighted by molar-refractivity contribution is -0.384. The summed E-state index contributed by atoms with van der Waals surface area (Å²) in [5.74, 6) is 1.22. The fourth-order valence-corrected chi connectivity index (χ4v) is 2.06. The Labute approximate surface area is 141 Å². The second kappa shape index (κ2) is 7.93. The maximum atomic E-state index is 10.9. The van der Waals surface area contributed by atoms with Crippen LogP contribution in [0.4, 0.5) is 5.69 Å². The first-order valence-electron chi connectivity index (χ1n) is 7.59. The molecule has 2 aromatic carbocycles. The molecule has 0 saturated heterocycles. The third-order valence-electron chi connectivity index (χ3n) is 3.26. The van der Waals surface area contributed by atoms with Crippen molar-refractivity contribution >= 4 is 17.3 Å². The summed E-state index contributed by atoms with van der Waals surface area (Å²) in [7, 11) is 0. The van der Waals surface area contributed by atoms with Crippen molar-refractivity contribution in [2.45, 2.75) is 13.8 Å². The smallest absolute Gasteiger partial charge is 0.270 e. The van der Waals surface area contributed by atoms with E-state index in [9.17, 15) is 15.4 Å². The summed E-state index contributed by atoms with van der Waals surface area (Å²) >= 11 is 0. The Bertz CT molecular complexity index is 787. The Kier molecular flexibility index (Phi) is 5.69. The van der Waals surface area contributed by atoms with Crippen LogP contribution in [0.3, 0.4) is 0 Å². The van der Waals surface area contributed by atoms with Gasteiger partial charge in [0, 0.05) is 12.1 Å². The first kappa shape index (κ1) is 17.2. The maximum absolute atomic E-state index is 10.9. The molecular weight excluding hydrogens is 304 g/mol. The molecule has 0 N–H and O–H groups in total. The molecule has 0 aliphatic rings. The zero-order valence-corrected chi connectivity index (χ0v) is 13.6. The number of ether oxygens (including phenoxy) is 1. The van der Waals surface area contributed by atoms with Gasteiger partial charge in [0.2, 0.25) is 0 Å². The zero-order chi connectivity index (χ0) is 17.5. The van der Waals surface area contributed by atoms with Gasteiger partial charge in [-0.15, -0.1) is 0 Å². The van der Waals surface area contributed by atoms with Gasteiger partial charge in [-0.1, -0.05) is 38.1 Å². The topological polar surface area (TPSA) is 76.2 Å².